The lowest BCUT2D eigenvalue weighted by Gasteiger charge is -2.41. The number of aryl methyl sites for hydroxylation is 1. The van der Waals surface area contributed by atoms with E-state index >= 15 is 0 Å². The van der Waals surface area contributed by atoms with E-state index in [4.69, 9.17) is 0 Å². The Kier molecular flexibility index (Phi) is 5.47. The number of hydrogen-bond acceptors (Lipinski definition) is 2. The first kappa shape index (κ1) is 15.4. The van der Waals surface area contributed by atoms with Crippen LogP contribution in [0.4, 0.5) is 5.69 Å². The molecule has 0 amide bonds. The van der Waals surface area contributed by atoms with E-state index in [0.29, 0.717) is 12.1 Å². The molecule has 112 valence electrons. The lowest BCUT2D eigenvalue weighted by atomic mass is 9.99. The van der Waals surface area contributed by atoms with E-state index in [2.05, 4.69) is 62.2 Å². The Balaban J connectivity index is 2.04. The van der Waals surface area contributed by atoms with Crippen molar-refractivity contribution in [2.45, 2.75) is 59.0 Å². The van der Waals surface area contributed by atoms with Gasteiger partial charge in [0.2, 0.25) is 0 Å². The van der Waals surface area contributed by atoms with E-state index in [1.165, 1.54) is 30.5 Å². The minimum atomic E-state index is 0.579. The summed E-state index contributed by atoms with van der Waals surface area (Å²) in [6.45, 7) is 11.4. The van der Waals surface area contributed by atoms with E-state index in [1.807, 2.05) is 0 Å². The second kappa shape index (κ2) is 7.12. The van der Waals surface area contributed by atoms with Gasteiger partial charge in [0.25, 0.3) is 0 Å². The van der Waals surface area contributed by atoms with Crippen molar-refractivity contribution >= 4 is 5.69 Å². The van der Waals surface area contributed by atoms with Crippen LogP contribution in [0.1, 0.15) is 46.1 Å². The first-order valence-electron chi connectivity index (χ1n) is 8.19. The Labute approximate surface area is 124 Å². The molecule has 2 nitrogen and oxygen atoms in total. The molecule has 1 fully saturated rings. The lowest BCUT2D eigenvalue weighted by Crippen LogP contribution is -2.55. The van der Waals surface area contributed by atoms with Gasteiger partial charge < -0.3 is 10.2 Å². The summed E-state index contributed by atoms with van der Waals surface area (Å²) in [5.41, 5.74) is 2.84. The zero-order valence-corrected chi connectivity index (χ0v) is 13.5. The van der Waals surface area contributed by atoms with E-state index in [-0.39, 0.29) is 0 Å². The van der Waals surface area contributed by atoms with Gasteiger partial charge in [-0.05, 0) is 43.4 Å². The first-order chi connectivity index (χ1) is 9.60. The van der Waals surface area contributed by atoms with Gasteiger partial charge in [0.05, 0.1) is 0 Å². The number of nitrogens with one attached hydrogen (secondary N) is 1. The lowest BCUT2D eigenvalue weighted by molar-refractivity contribution is 0.356. The Morgan fingerprint density at radius 1 is 1.25 bits per heavy atom. The van der Waals surface area contributed by atoms with Crippen LogP contribution in [0.3, 0.4) is 0 Å². The monoisotopic (exact) mass is 274 g/mol. The molecule has 0 radical (unpaired) electrons. The van der Waals surface area contributed by atoms with Crippen LogP contribution in [0, 0.1) is 5.92 Å². The third kappa shape index (κ3) is 3.99. The van der Waals surface area contributed by atoms with Gasteiger partial charge in [0, 0.05) is 30.9 Å². The van der Waals surface area contributed by atoms with Crippen molar-refractivity contribution in [2.75, 3.05) is 18.0 Å². The molecule has 20 heavy (non-hydrogen) atoms. The van der Waals surface area contributed by atoms with E-state index in [9.17, 15) is 0 Å². The van der Waals surface area contributed by atoms with Crippen LogP contribution >= 0.6 is 0 Å². The number of benzene rings is 1. The Bertz CT molecular complexity index is 396. The number of hydrogen-bond donors (Lipinski definition) is 1. The molecule has 0 aliphatic carbocycles. The van der Waals surface area contributed by atoms with Gasteiger partial charge in [-0.3, -0.25) is 0 Å². The molecule has 2 rings (SSSR count). The molecular formula is C18H30N2. The summed E-state index contributed by atoms with van der Waals surface area (Å²) in [4.78, 5) is 2.57. The summed E-state index contributed by atoms with van der Waals surface area (Å²) in [7, 11) is 0. The topological polar surface area (TPSA) is 15.3 Å². The third-order valence-corrected chi connectivity index (χ3v) is 4.21. The molecule has 1 heterocycles. The van der Waals surface area contributed by atoms with Crippen molar-refractivity contribution in [1.82, 2.24) is 5.32 Å². The number of anilines is 1. The molecule has 1 saturated heterocycles. The zero-order valence-electron chi connectivity index (χ0n) is 13.5. The Hall–Kier alpha value is -1.02. The molecule has 0 bridgehead atoms. The molecule has 1 aromatic carbocycles. The van der Waals surface area contributed by atoms with Crippen molar-refractivity contribution in [1.29, 1.82) is 0 Å². The number of piperazine rings is 1. The van der Waals surface area contributed by atoms with Crippen LogP contribution < -0.4 is 10.2 Å². The normalized spacial score (nSPS) is 23.4. The summed E-state index contributed by atoms with van der Waals surface area (Å²) < 4.78 is 0. The number of nitrogens with zero attached hydrogens (tertiary/aromatic N) is 1. The van der Waals surface area contributed by atoms with Crippen molar-refractivity contribution < 1.29 is 0 Å². The zero-order chi connectivity index (χ0) is 14.5. The molecule has 1 aromatic rings. The van der Waals surface area contributed by atoms with Gasteiger partial charge in [-0.15, -0.1) is 0 Å². The highest BCUT2D eigenvalue weighted by atomic mass is 15.2. The van der Waals surface area contributed by atoms with Gasteiger partial charge in [0.1, 0.15) is 0 Å². The van der Waals surface area contributed by atoms with Gasteiger partial charge in [0.15, 0.2) is 0 Å². The van der Waals surface area contributed by atoms with Crippen molar-refractivity contribution in [3.63, 3.8) is 0 Å². The summed E-state index contributed by atoms with van der Waals surface area (Å²) >= 11 is 0. The van der Waals surface area contributed by atoms with Gasteiger partial charge in [-0.2, -0.15) is 0 Å². The smallest absolute Gasteiger partial charge is 0.0387 e. The second-order valence-corrected chi connectivity index (χ2v) is 6.65. The van der Waals surface area contributed by atoms with Crippen molar-refractivity contribution in [2.24, 2.45) is 5.92 Å². The van der Waals surface area contributed by atoms with Gasteiger partial charge in [-0.1, -0.05) is 39.3 Å². The van der Waals surface area contributed by atoms with E-state index in [0.717, 1.165) is 19.0 Å². The van der Waals surface area contributed by atoms with Crippen LogP contribution in [0.15, 0.2) is 24.3 Å². The molecule has 1 aliphatic heterocycles. The molecular weight excluding hydrogens is 244 g/mol. The maximum Gasteiger partial charge on any atom is 0.0387 e. The molecule has 1 N–H and O–H groups in total. The maximum atomic E-state index is 3.69. The van der Waals surface area contributed by atoms with Crippen molar-refractivity contribution in [3.05, 3.63) is 29.8 Å². The Morgan fingerprint density at radius 3 is 2.55 bits per heavy atom. The second-order valence-electron chi connectivity index (χ2n) is 6.65. The fourth-order valence-electron chi connectivity index (χ4n) is 3.16. The minimum absolute atomic E-state index is 0.579. The predicted octanol–water partition coefficient (Wildman–Crippen LogP) is 3.85. The maximum absolute atomic E-state index is 3.69. The average Bonchev–Trinajstić information content (AvgIpc) is 2.42. The molecule has 2 heteroatoms. The van der Waals surface area contributed by atoms with E-state index < -0.39 is 0 Å². The molecule has 0 aromatic heterocycles. The van der Waals surface area contributed by atoms with Gasteiger partial charge >= 0.3 is 0 Å². The van der Waals surface area contributed by atoms with Crippen LogP contribution in [0.25, 0.3) is 0 Å². The summed E-state index contributed by atoms with van der Waals surface area (Å²) in [6.07, 6.45) is 3.67. The van der Waals surface area contributed by atoms with E-state index in [1.54, 1.807) is 0 Å². The fourth-order valence-corrected chi connectivity index (χ4v) is 3.16. The average molecular weight is 274 g/mol. The van der Waals surface area contributed by atoms with Crippen LogP contribution in [-0.2, 0) is 6.42 Å². The molecule has 0 spiro atoms. The van der Waals surface area contributed by atoms with Crippen LogP contribution in [0.2, 0.25) is 0 Å². The van der Waals surface area contributed by atoms with Crippen molar-refractivity contribution in [3.8, 4) is 0 Å². The highest BCUT2D eigenvalue weighted by Gasteiger charge is 2.25. The Morgan fingerprint density at radius 2 is 1.95 bits per heavy atom. The fraction of sp³-hybridized carbons (Fsp3) is 0.667. The molecule has 0 saturated carbocycles. The third-order valence-electron chi connectivity index (χ3n) is 4.21. The first-order valence-corrected chi connectivity index (χ1v) is 8.19. The van der Waals surface area contributed by atoms with Crippen LogP contribution in [-0.4, -0.2) is 25.2 Å². The minimum Gasteiger partial charge on any atom is -0.366 e. The number of rotatable bonds is 5. The predicted molar refractivity (Wildman–Crippen MR) is 88.5 cm³/mol. The SMILES string of the molecule is CCCc1ccc(N2CC(CC(C)C)NCC2C)cc1. The highest BCUT2D eigenvalue weighted by molar-refractivity contribution is 5.49. The standard InChI is InChI=1S/C18H30N2/c1-5-6-16-7-9-18(10-8-16)20-13-17(11-14(2)3)19-12-15(20)4/h7-10,14-15,17,19H,5-6,11-13H2,1-4H3. The molecule has 1 aliphatic rings. The van der Waals surface area contributed by atoms with Gasteiger partial charge in [-0.25, -0.2) is 0 Å². The van der Waals surface area contributed by atoms with Crippen LogP contribution in [0.5, 0.6) is 0 Å². The summed E-state index contributed by atoms with van der Waals surface area (Å²) in [5, 5.41) is 3.69. The largest absolute Gasteiger partial charge is 0.366 e. The molecule has 2 unspecified atom stereocenters. The molecule has 2 atom stereocenters. The quantitative estimate of drug-likeness (QED) is 0.877. The highest BCUT2D eigenvalue weighted by Crippen LogP contribution is 2.22. The summed E-state index contributed by atoms with van der Waals surface area (Å²) in [6, 6.07) is 10.4. The summed E-state index contributed by atoms with van der Waals surface area (Å²) in [5.74, 6) is 0.759.